The van der Waals surface area contributed by atoms with Crippen molar-refractivity contribution in [3.63, 3.8) is 0 Å². The normalized spacial score (nSPS) is 19.5. The maximum atomic E-state index is 12.5. The van der Waals surface area contributed by atoms with Gasteiger partial charge in [-0.1, -0.05) is 30.2 Å². The third-order valence-electron chi connectivity index (χ3n) is 5.51. The number of H-pyrrole nitrogens is 1. The minimum absolute atomic E-state index is 0.0471. The number of nitrogens with one attached hydrogen (secondary N) is 3. The number of benzene rings is 1. The molecule has 0 radical (unpaired) electrons. The number of halogens is 2. The molecule has 2 amide bonds. The first kappa shape index (κ1) is 22.1. The Labute approximate surface area is 194 Å². The van der Waals surface area contributed by atoms with Crippen LogP contribution < -0.4 is 15.4 Å². The van der Waals surface area contributed by atoms with Gasteiger partial charge in [-0.25, -0.2) is 4.79 Å². The molecule has 1 saturated heterocycles. The third-order valence-corrected chi connectivity index (χ3v) is 6.58. The molecule has 2 fully saturated rings. The number of carbonyl (C=O) groups excluding carboxylic acids is 2. The van der Waals surface area contributed by atoms with Gasteiger partial charge in [-0.05, 0) is 66.2 Å². The van der Waals surface area contributed by atoms with Crippen molar-refractivity contribution in [2.24, 2.45) is 5.92 Å². The summed E-state index contributed by atoms with van der Waals surface area (Å²) in [5.41, 5.74) is 0.329. The van der Waals surface area contributed by atoms with Crippen molar-refractivity contribution < 1.29 is 14.3 Å². The Kier molecular flexibility index (Phi) is 7.14. The van der Waals surface area contributed by atoms with Crippen LogP contribution in [0.5, 0.6) is 5.88 Å². The number of carbonyl (C=O) groups is 2. The van der Waals surface area contributed by atoms with Gasteiger partial charge in [-0.2, -0.15) is 0 Å². The molecule has 2 aliphatic rings. The molecule has 2 heterocycles. The van der Waals surface area contributed by atoms with Crippen LogP contribution in [-0.2, 0) is 0 Å². The highest BCUT2D eigenvalue weighted by Crippen LogP contribution is 2.31. The van der Waals surface area contributed by atoms with E-state index < -0.39 is 12.0 Å². The molecule has 3 N–H and O–H groups in total. The van der Waals surface area contributed by atoms with Crippen LogP contribution in [0.15, 0.2) is 28.7 Å². The maximum absolute atomic E-state index is 12.5. The number of rotatable bonds is 6. The molecule has 0 bridgehead atoms. The molecule has 1 atom stereocenters. The standard InChI is InChI=1S/C21H25BrClN5O3/c22-17-18(25-19(29)15-6-1-2-7-16(15)23)26-27-20(17)31-21(30)24-14-5-3-4-10-28(12-14)11-13-8-9-13/h1-2,6-7,13-14H,3-5,8-12H2,(H,24,30)(H2,25,26,27,29). The number of hydrogen-bond acceptors (Lipinski definition) is 5. The van der Waals surface area contributed by atoms with E-state index >= 15 is 0 Å². The van der Waals surface area contributed by atoms with Crippen molar-refractivity contribution in [3.8, 4) is 5.88 Å². The lowest BCUT2D eigenvalue weighted by Gasteiger charge is -2.24. The minimum atomic E-state index is -0.561. The second-order valence-corrected chi connectivity index (χ2v) is 9.28. The lowest BCUT2D eigenvalue weighted by molar-refractivity contribution is 0.102. The summed E-state index contributed by atoms with van der Waals surface area (Å²) in [6.07, 6.45) is 5.24. The maximum Gasteiger partial charge on any atom is 0.414 e. The van der Waals surface area contributed by atoms with Crippen molar-refractivity contribution in [3.05, 3.63) is 39.3 Å². The van der Waals surface area contributed by atoms with E-state index in [2.05, 4.69) is 41.7 Å². The number of likely N-dealkylation sites (tertiary alicyclic amines) is 1. The predicted octanol–water partition coefficient (Wildman–Crippen LogP) is 4.43. The number of amides is 2. The Bertz CT molecular complexity index is 949. The molecule has 1 unspecified atom stereocenters. The van der Waals surface area contributed by atoms with Gasteiger partial charge < -0.3 is 20.3 Å². The van der Waals surface area contributed by atoms with Gasteiger partial charge in [0.25, 0.3) is 11.8 Å². The van der Waals surface area contributed by atoms with E-state index in [1.807, 2.05) is 0 Å². The summed E-state index contributed by atoms with van der Waals surface area (Å²) >= 11 is 9.39. The molecule has 1 aromatic heterocycles. The topological polar surface area (TPSA) is 99.3 Å². The molecule has 166 valence electrons. The summed E-state index contributed by atoms with van der Waals surface area (Å²) in [5, 5.41) is 12.6. The smallest absolute Gasteiger partial charge is 0.388 e. The molecular weight excluding hydrogens is 486 g/mol. The SMILES string of the molecule is O=C(NC1CCCCN(CC2CC2)C1)Oc1n[nH]c(NC(=O)c2ccccc2Cl)c1Br. The molecule has 0 spiro atoms. The van der Waals surface area contributed by atoms with Crippen LogP contribution in [0.4, 0.5) is 10.6 Å². The first-order chi connectivity index (χ1) is 15.0. The van der Waals surface area contributed by atoms with E-state index in [1.54, 1.807) is 24.3 Å². The second-order valence-electron chi connectivity index (χ2n) is 8.08. The molecular formula is C21H25BrClN5O3. The average molecular weight is 511 g/mol. The number of ether oxygens (including phenoxy) is 1. The monoisotopic (exact) mass is 509 g/mol. The van der Waals surface area contributed by atoms with Crippen molar-refractivity contribution in [2.45, 2.75) is 38.1 Å². The summed E-state index contributed by atoms with van der Waals surface area (Å²) in [5.74, 6) is 0.749. The number of nitrogens with zero attached hydrogens (tertiary/aromatic N) is 2. The number of anilines is 1. The van der Waals surface area contributed by atoms with Crippen molar-refractivity contribution in [1.82, 2.24) is 20.4 Å². The summed E-state index contributed by atoms with van der Waals surface area (Å²) in [4.78, 5) is 27.3. The van der Waals surface area contributed by atoms with Gasteiger partial charge in [0, 0.05) is 19.1 Å². The van der Waals surface area contributed by atoms with Crippen LogP contribution in [-0.4, -0.2) is 52.8 Å². The number of aromatic nitrogens is 2. The molecule has 10 heteroatoms. The first-order valence-corrected chi connectivity index (χ1v) is 11.7. The van der Waals surface area contributed by atoms with E-state index in [9.17, 15) is 9.59 Å². The van der Waals surface area contributed by atoms with Crippen LogP contribution in [0.2, 0.25) is 5.02 Å². The molecule has 2 aromatic rings. The molecule has 1 aliphatic heterocycles. The number of hydrogen-bond donors (Lipinski definition) is 3. The zero-order valence-corrected chi connectivity index (χ0v) is 19.3. The second kappa shape index (κ2) is 10.0. The Morgan fingerprint density at radius 1 is 1.26 bits per heavy atom. The van der Waals surface area contributed by atoms with E-state index in [4.69, 9.17) is 16.3 Å². The highest BCUT2D eigenvalue weighted by atomic mass is 79.9. The molecule has 8 nitrogen and oxygen atoms in total. The Balaban J connectivity index is 1.33. The quantitative estimate of drug-likeness (QED) is 0.534. The highest BCUT2D eigenvalue weighted by molar-refractivity contribution is 9.10. The van der Waals surface area contributed by atoms with Crippen LogP contribution in [0.3, 0.4) is 0 Å². The Hall–Kier alpha value is -2.10. The van der Waals surface area contributed by atoms with Crippen LogP contribution in [0.1, 0.15) is 42.5 Å². The van der Waals surface area contributed by atoms with E-state index in [0.29, 0.717) is 15.1 Å². The first-order valence-electron chi connectivity index (χ1n) is 10.5. The summed E-state index contributed by atoms with van der Waals surface area (Å²) in [7, 11) is 0. The summed E-state index contributed by atoms with van der Waals surface area (Å²) in [6, 6.07) is 6.77. The van der Waals surface area contributed by atoms with Crippen molar-refractivity contribution in [1.29, 1.82) is 0 Å². The van der Waals surface area contributed by atoms with E-state index in [-0.39, 0.29) is 17.7 Å². The zero-order valence-electron chi connectivity index (χ0n) is 17.0. The minimum Gasteiger partial charge on any atom is -0.388 e. The molecule has 4 rings (SSSR count). The predicted molar refractivity (Wildman–Crippen MR) is 122 cm³/mol. The van der Waals surface area contributed by atoms with Gasteiger partial charge in [-0.3, -0.25) is 9.89 Å². The van der Waals surface area contributed by atoms with E-state index in [1.165, 1.54) is 12.8 Å². The van der Waals surface area contributed by atoms with Gasteiger partial charge in [0.2, 0.25) is 0 Å². The van der Waals surface area contributed by atoms with Crippen LogP contribution >= 0.6 is 27.5 Å². The summed E-state index contributed by atoms with van der Waals surface area (Å²) < 4.78 is 5.72. The number of aromatic amines is 1. The largest absolute Gasteiger partial charge is 0.414 e. The lowest BCUT2D eigenvalue weighted by Crippen LogP contribution is -2.44. The molecule has 1 saturated carbocycles. The van der Waals surface area contributed by atoms with Gasteiger partial charge in [0.05, 0.1) is 10.6 Å². The fourth-order valence-electron chi connectivity index (χ4n) is 3.74. The highest BCUT2D eigenvalue weighted by Gasteiger charge is 2.28. The van der Waals surface area contributed by atoms with Crippen LogP contribution in [0.25, 0.3) is 0 Å². The Morgan fingerprint density at radius 3 is 2.84 bits per heavy atom. The molecule has 31 heavy (non-hydrogen) atoms. The van der Waals surface area contributed by atoms with Crippen molar-refractivity contribution >= 4 is 45.3 Å². The fraction of sp³-hybridized carbons (Fsp3) is 0.476. The van der Waals surface area contributed by atoms with Gasteiger partial charge in [0.1, 0.15) is 10.3 Å². The lowest BCUT2D eigenvalue weighted by atomic mass is 10.1. The van der Waals surface area contributed by atoms with E-state index in [0.717, 1.165) is 44.8 Å². The Morgan fingerprint density at radius 2 is 2.06 bits per heavy atom. The van der Waals surface area contributed by atoms with Crippen LogP contribution in [0, 0.1) is 5.92 Å². The van der Waals surface area contributed by atoms with Gasteiger partial charge in [0.15, 0.2) is 0 Å². The molecule has 1 aromatic carbocycles. The van der Waals surface area contributed by atoms with Gasteiger partial charge >= 0.3 is 6.09 Å². The van der Waals surface area contributed by atoms with Crippen molar-refractivity contribution in [2.75, 3.05) is 25.0 Å². The third kappa shape index (κ3) is 5.99. The zero-order chi connectivity index (χ0) is 21.8. The average Bonchev–Trinajstić information content (AvgIpc) is 3.53. The molecule has 1 aliphatic carbocycles. The van der Waals surface area contributed by atoms with Gasteiger partial charge in [-0.15, -0.1) is 5.10 Å². The fourth-order valence-corrected chi connectivity index (χ4v) is 4.32. The summed E-state index contributed by atoms with van der Waals surface area (Å²) in [6.45, 7) is 3.04.